The molecule has 0 heterocycles. The Kier molecular flexibility index (Phi) is 10.4. The summed E-state index contributed by atoms with van der Waals surface area (Å²) in [5.74, 6) is 0. The minimum atomic E-state index is 1.10. The summed E-state index contributed by atoms with van der Waals surface area (Å²) in [6.07, 6.45) is 17.2. The van der Waals surface area contributed by atoms with Gasteiger partial charge >= 0.3 is 0 Å². The third kappa shape index (κ3) is 8.11. The minimum absolute atomic E-state index is 1.10. The van der Waals surface area contributed by atoms with Gasteiger partial charge in [0, 0.05) is 0 Å². The first-order chi connectivity index (χ1) is 8.67. The molecule has 0 rings (SSSR count). The molecule has 0 N–H and O–H groups in total. The summed E-state index contributed by atoms with van der Waals surface area (Å²) >= 11 is 0. The highest BCUT2D eigenvalue weighted by Crippen LogP contribution is 2.14. The smallest absolute Gasteiger partial charge is 0.0307 e. The molecule has 0 heteroatoms. The maximum absolute atomic E-state index is 2.34. The number of hydrogen-bond acceptors (Lipinski definition) is 0. The SMILES string of the molecule is CC/C=C/C(=C/C(=C/C(C)=C/CCC)CC)CC. The molecule has 102 valence electrons. The minimum Gasteiger partial charge on any atom is -0.0845 e. The van der Waals surface area contributed by atoms with E-state index in [1.165, 1.54) is 29.6 Å². The Hall–Kier alpha value is -1.04. The second kappa shape index (κ2) is 11.1. The van der Waals surface area contributed by atoms with Crippen LogP contribution < -0.4 is 0 Å². The van der Waals surface area contributed by atoms with E-state index in [-0.39, 0.29) is 0 Å². The van der Waals surface area contributed by atoms with E-state index in [2.05, 4.69) is 65.0 Å². The highest BCUT2D eigenvalue weighted by atomic mass is 14.0. The van der Waals surface area contributed by atoms with Crippen LogP contribution in [0, 0.1) is 0 Å². The highest BCUT2D eigenvalue weighted by molar-refractivity contribution is 5.34. The molecule has 0 saturated heterocycles. The fraction of sp³-hybridized carbons (Fsp3) is 0.556. The maximum Gasteiger partial charge on any atom is -0.0307 e. The van der Waals surface area contributed by atoms with E-state index in [1.807, 2.05) is 0 Å². The van der Waals surface area contributed by atoms with Gasteiger partial charge in [-0.3, -0.25) is 0 Å². The van der Waals surface area contributed by atoms with Gasteiger partial charge in [-0.15, -0.1) is 0 Å². The number of hydrogen-bond donors (Lipinski definition) is 0. The van der Waals surface area contributed by atoms with Crippen LogP contribution in [0.3, 0.4) is 0 Å². The summed E-state index contributed by atoms with van der Waals surface area (Å²) in [4.78, 5) is 0. The second-order valence-corrected chi connectivity index (χ2v) is 4.69. The lowest BCUT2D eigenvalue weighted by atomic mass is 10.0. The van der Waals surface area contributed by atoms with Crippen molar-refractivity contribution in [2.45, 2.75) is 66.7 Å². The van der Waals surface area contributed by atoms with Crippen molar-refractivity contribution in [3.8, 4) is 0 Å². The first-order valence-corrected chi connectivity index (χ1v) is 7.42. The molecule has 0 bridgehead atoms. The summed E-state index contributed by atoms with van der Waals surface area (Å²) < 4.78 is 0. The molecule has 0 unspecified atom stereocenters. The predicted octanol–water partition coefficient (Wildman–Crippen LogP) is 6.37. The van der Waals surface area contributed by atoms with Crippen molar-refractivity contribution < 1.29 is 0 Å². The van der Waals surface area contributed by atoms with Crippen LogP contribution in [0.4, 0.5) is 0 Å². The monoisotopic (exact) mass is 246 g/mol. The zero-order chi connectivity index (χ0) is 13.8. The van der Waals surface area contributed by atoms with Crippen LogP contribution in [0.2, 0.25) is 0 Å². The van der Waals surface area contributed by atoms with Gasteiger partial charge in [0.25, 0.3) is 0 Å². The Balaban J connectivity index is 4.90. The molecule has 0 aliphatic rings. The zero-order valence-electron chi connectivity index (χ0n) is 12.9. The van der Waals surface area contributed by atoms with E-state index in [4.69, 9.17) is 0 Å². The molecule has 0 radical (unpaired) electrons. The summed E-state index contributed by atoms with van der Waals surface area (Å²) in [7, 11) is 0. The van der Waals surface area contributed by atoms with Crippen molar-refractivity contribution in [3.63, 3.8) is 0 Å². The summed E-state index contributed by atoms with van der Waals surface area (Å²) in [5, 5.41) is 0. The van der Waals surface area contributed by atoms with Crippen molar-refractivity contribution >= 4 is 0 Å². The third-order valence-electron chi connectivity index (χ3n) is 2.92. The van der Waals surface area contributed by atoms with Crippen LogP contribution in [0.5, 0.6) is 0 Å². The van der Waals surface area contributed by atoms with Crippen molar-refractivity contribution in [3.05, 3.63) is 47.1 Å². The lowest BCUT2D eigenvalue weighted by Crippen LogP contribution is -1.82. The van der Waals surface area contributed by atoms with Gasteiger partial charge in [-0.25, -0.2) is 0 Å². The number of rotatable bonds is 8. The summed E-state index contributed by atoms with van der Waals surface area (Å²) in [5.41, 5.74) is 4.24. The van der Waals surface area contributed by atoms with Gasteiger partial charge in [0.1, 0.15) is 0 Å². The zero-order valence-corrected chi connectivity index (χ0v) is 12.9. The molecule has 0 fully saturated rings. The summed E-state index contributed by atoms with van der Waals surface area (Å²) in [6.45, 7) is 11.1. The second-order valence-electron chi connectivity index (χ2n) is 4.69. The Bertz CT molecular complexity index is 324. The lowest BCUT2D eigenvalue weighted by Gasteiger charge is -2.03. The molecular formula is C18H30. The standard InChI is InChI=1S/C18H30/c1-6-10-12-16(5)14-18(9-4)15-17(8-3)13-11-7-2/h11-15H,6-10H2,1-5H3/b13-11+,16-12+,17-15+,18-14+. The molecule has 0 amide bonds. The number of allylic oxidation sites excluding steroid dienone is 8. The first-order valence-electron chi connectivity index (χ1n) is 7.42. The molecule has 0 spiro atoms. The molecule has 0 nitrogen and oxygen atoms in total. The molecule has 0 aliphatic heterocycles. The number of unbranched alkanes of at least 4 members (excludes halogenated alkanes) is 1. The van der Waals surface area contributed by atoms with E-state index >= 15 is 0 Å². The van der Waals surface area contributed by atoms with Crippen molar-refractivity contribution in [1.29, 1.82) is 0 Å². The topological polar surface area (TPSA) is 0 Å². The molecule has 0 atom stereocenters. The maximum atomic E-state index is 2.34. The first kappa shape index (κ1) is 17.0. The molecule has 0 aromatic heterocycles. The molecule has 0 saturated carbocycles. The van der Waals surface area contributed by atoms with E-state index in [1.54, 1.807) is 0 Å². The molecule has 0 aromatic rings. The lowest BCUT2D eigenvalue weighted by molar-refractivity contribution is 0.951. The van der Waals surface area contributed by atoms with E-state index < -0.39 is 0 Å². The average Bonchev–Trinajstić information content (AvgIpc) is 2.39. The van der Waals surface area contributed by atoms with E-state index in [0.29, 0.717) is 0 Å². The van der Waals surface area contributed by atoms with Crippen LogP contribution in [0.25, 0.3) is 0 Å². The Morgan fingerprint density at radius 2 is 1.56 bits per heavy atom. The fourth-order valence-electron chi connectivity index (χ4n) is 1.74. The van der Waals surface area contributed by atoms with Crippen molar-refractivity contribution in [1.82, 2.24) is 0 Å². The van der Waals surface area contributed by atoms with Crippen LogP contribution >= 0.6 is 0 Å². The van der Waals surface area contributed by atoms with Gasteiger partial charge in [-0.1, -0.05) is 70.1 Å². The Labute approximate surface area is 114 Å². The highest BCUT2D eigenvalue weighted by Gasteiger charge is 1.94. The van der Waals surface area contributed by atoms with Gasteiger partial charge in [-0.05, 0) is 43.8 Å². The van der Waals surface area contributed by atoms with Crippen molar-refractivity contribution in [2.75, 3.05) is 0 Å². The van der Waals surface area contributed by atoms with E-state index in [9.17, 15) is 0 Å². The molecule has 0 aliphatic carbocycles. The van der Waals surface area contributed by atoms with Crippen LogP contribution in [0.15, 0.2) is 47.1 Å². The average molecular weight is 246 g/mol. The Morgan fingerprint density at radius 3 is 2.06 bits per heavy atom. The van der Waals surface area contributed by atoms with Gasteiger partial charge in [0.05, 0.1) is 0 Å². The molecular weight excluding hydrogens is 216 g/mol. The normalized spacial score (nSPS) is 14.6. The van der Waals surface area contributed by atoms with E-state index in [0.717, 1.165) is 19.3 Å². The van der Waals surface area contributed by atoms with Gasteiger partial charge in [-0.2, -0.15) is 0 Å². The van der Waals surface area contributed by atoms with Gasteiger partial charge < -0.3 is 0 Å². The largest absolute Gasteiger partial charge is 0.0845 e. The molecule has 0 aromatic carbocycles. The van der Waals surface area contributed by atoms with Gasteiger partial charge in [0.15, 0.2) is 0 Å². The summed E-state index contributed by atoms with van der Waals surface area (Å²) in [6, 6.07) is 0. The van der Waals surface area contributed by atoms with Crippen molar-refractivity contribution in [2.24, 2.45) is 0 Å². The fourth-order valence-corrected chi connectivity index (χ4v) is 1.74. The Morgan fingerprint density at radius 1 is 0.889 bits per heavy atom. The quantitative estimate of drug-likeness (QED) is 0.436. The van der Waals surface area contributed by atoms with Crippen LogP contribution in [0.1, 0.15) is 66.7 Å². The predicted molar refractivity (Wildman–Crippen MR) is 84.8 cm³/mol. The van der Waals surface area contributed by atoms with Crippen LogP contribution in [-0.4, -0.2) is 0 Å². The van der Waals surface area contributed by atoms with Crippen LogP contribution in [-0.2, 0) is 0 Å². The molecule has 18 heavy (non-hydrogen) atoms. The van der Waals surface area contributed by atoms with Gasteiger partial charge in [0.2, 0.25) is 0 Å². The third-order valence-corrected chi connectivity index (χ3v) is 2.92.